The molecule has 0 atom stereocenters. The van der Waals surface area contributed by atoms with Crippen LogP contribution >= 0.6 is 0 Å². The summed E-state index contributed by atoms with van der Waals surface area (Å²) in [6.07, 6.45) is 3.61. The average molecular weight is 487 g/mol. The lowest BCUT2D eigenvalue weighted by molar-refractivity contribution is 1.23. The van der Waals surface area contributed by atoms with Crippen LogP contribution in [0.15, 0.2) is 115 Å². The van der Waals surface area contributed by atoms with Gasteiger partial charge < -0.3 is 0 Å². The summed E-state index contributed by atoms with van der Waals surface area (Å²) in [5, 5.41) is 19.8. The fraction of sp³-hybridized carbons (Fsp3) is 0. The van der Waals surface area contributed by atoms with Crippen LogP contribution in [0.4, 0.5) is 0 Å². The van der Waals surface area contributed by atoms with Gasteiger partial charge in [-0.25, -0.2) is 9.97 Å². The molecule has 4 nitrogen and oxygen atoms in total. The number of para-hydroxylation sites is 1. The SMILES string of the molecule is N=C1C=Cc2ccc3ccc(-c4cccc(-c5nc(-c6ccccc6)c6ccccc6n5)c4)cc3c2C1=N. The van der Waals surface area contributed by atoms with E-state index in [0.29, 0.717) is 5.82 Å². The van der Waals surface area contributed by atoms with E-state index in [-0.39, 0.29) is 11.4 Å². The summed E-state index contributed by atoms with van der Waals surface area (Å²) in [6.45, 7) is 0. The van der Waals surface area contributed by atoms with E-state index in [1.807, 2.05) is 60.7 Å². The number of hydrogen-bond acceptors (Lipinski definition) is 4. The molecule has 38 heavy (non-hydrogen) atoms. The van der Waals surface area contributed by atoms with Crippen molar-refractivity contribution in [3.8, 4) is 33.8 Å². The van der Waals surface area contributed by atoms with Gasteiger partial charge in [0.05, 0.1) is 22.6 Å². The van der Waals surface area contributed by atoms with Crippen LogP contribution in [0.2, 0.25) is 0 Å². The van der Waals surface area contributed by atoms with Crippen LogP contribution in [0.25, 0.3) is 61.5 Å². The summed E-state index contributed by atoms with van der Waals surface area (Å²) >= 11 is 0. The van der Waals surface area contributed by atoms with Crippen molar-refractivity contribution in [2.75, 3.05) is 0 Å². The fourth-order valence-electron chi connectivity index (χ4n) is 5.18. The Morgan fingerprint density at radius 2 is 1.26 bits per heavy atom. The minimum absolute atomic E-state index is 0.236. The second-order valence-electron chi connectivity index (χ2n) is 9.45. The molecule has 0 spiro atoms. The first-order valence-corrected chi connectivity index (χ1v) is 12.5. The Balaban J connectivity index is 1.38. The van der Waals surface area contributed by atoms with Gasteiger partial charge in [-0.15, -0.1) is 0 Å². The number of hydrogen-bond donors (Lipinski definition) is 2. The summed E-state index contributed by atoms with van der Waals surface area (Å²) in [5.74, 6) is 0.683. The van der Waals surface area contributed by atoms with E-state index in [0.717, 1.165) is 60.8 Å². The maximum absolute atomic E-state index is 8.54. The van der Waals surface area contributed by atoms with Crippen LogP contribution in [0, 0.1) is 10.8 Å². The molecule has 0 amide bonds. The highest BCUT2D eigenvalue weighted by Gasteiger charge is 2.18. The molecule has 0 aliphatic heterocycles. The van der Waals surface area contributed by atoms with Crippen LogP contribution in [0.3, 0.4) is 0 Å². The van der Waals surface area contributed by atoms with Crippen LogP contribution < -0.4 is 0 Å². The highest BCUT2D eigenvalue weighted by Crippen LogP contribution is 2.34. The summed E-state index contributed by atoms with van der Waals surface area (Å²) < 4.78 is 0. The minimum atomic E-state index is 0.236. The highest BCUT2D eigenvalue weighted by molar-refractivity contribution is 6.53. The molecule has 7 rings (SSSR count). The molecule has 6 aromatic rings. The zero-order chi connectivity index (χ0) is 25.6. The second kappa shape index (κ2) is 8.71. The molecule has 1 aliphatic rings. The summed E-state index contributed by atoms with van der Waals surface area (Å²) in [5.41, 5.74) is 8.22. The van der Waals surface area contributed by atoms with Crippen molar-refractivity contribution in [1.29, 1.82) is 10.8 Å². The molecular weight excluding hydrogens is 464 g/mol. The molecule has 1 aromatic heterocycles. The van der Waals surface area contributed by atoms with E-state index in [1.165, 1.54) is 0 Å². The van der Waals surface area contributed by atoms with Crippen LogP contribution in [-0.4, -0.2) is 21.4 Å². The molecule has 2 N–H and O–H groups in total. The Labute approximate surface area is 220 Å². The van der Waals surface area contributed by atoms with Crippen molar-refractivity contribution in [2.45, 2.75) is 0 Å². The van der Waals surface area contributed by atoms with E-state index in [4.69, 9.17) is 20.8 Å². The number of nitrogens with zero attached hydrogens (tertiary/aromatic N) is 2. The van der Waals surface area contributed by atoms with Crippen LogP contribution in [0.1, 0.15) is 11.1 Å². The first-order valence-electron chi connectivity index (χ1n) is 12.5. The van der Waals surface area contributed by atoms with Crippen molar-refractivity contribution in [1.82, 2.24) is 9.97 Å². The van der Waals surface area contributed by atoms with E-state index in [2.05, 4.69) is 54.6 Å². The predicted octanol–water partition coefficient (Wildman–Crippen LogP) is 8.20. The Hall–Kier alpha value is -5.22. The molecular formula is C34H22N4. The molecule has 0 saturated carbocycles. The molecule has 0 radical (unpaired) electrons. The summed E-state index contributed by atoms with van der Waals surface area (Å²) in [4.78, 5) is 9.95. The van der Waals surface area contributed by atoms with Gasteiger partial charge in [0.25, 0.3) is 0 Å². The second-order valence-corrected chi connectivity index (χ2v) is 9.45. The predicted molar refractivity (Wildman–Crippen MR) is 157 cm³/mol. The van der Waals surface area contributed by atoms with Gasteiger partial charge in [-0.1, -0.05) is 97.1 Å². The largest absolute Gasteiger partial charge is 0.299 e. The van der Waals surface area contributed by atoms with E-state index >= 15 is 0 Å². The standard InChI is InChI=1S/C34H22N4/c35-29-18-17-22-15-13-21-14-16-25(20-28(21)31(22)32(29)36)24-9-6-10-26(19-24)34-37-30-12-5-4-11-27(30)33(38-34)23-7-2-1-3-8-23/h1-20,35-36H. The Kier molecular flexibility index (Phi) is 5.05. The monoisotopic (exact) mass is 486 g/mol. The van der Waals surface area contributed by atoms with Gasteiger partial charge in [0, 0.05) is 22.1 Å². The molecule has 4 heteroatoms. The van der Waals surface area contributed by atoms with Gasteiger partial charge in [0.15, 0.2) is 5.82 Å². The number of aromatic nitrogens is 2. The van der Waals surface area contributed by atoms with E-state index in [9.17, 15) is 0 Å². The number of nitrogens with one attached hydrogen (secondary N) is 2. The van der Waals surface area contributed by atoms with Gasteiger partial charge in [-0.3, -0.25) is 10.8 Å². The number of rotatable bonds is 3. The molecule has 0 fully saturated rings. The Bertz CT molecular complexity index is 1950. The molecule has 1 heterocycles. The maximum atomic E-state index is 8.54. The van der Waals surface area contributed by atoms with Crippen molar-refractivity contribution in [3.05, 3.63) is 126 Å². The lowest BCUT2D eigenvalue weighted by atomic mass is 9.88. The van der Waals surface area contributed by atoms with Crippen LogP contribution in [-0.2, 0) is 0 Å². The molecule has 178 valence electrons. The van der Waals surface area contributed by atoms with Crippen molar-refractivity contribution in [2.24, 2.45) is 0 Å². The average Bonchev–Trinajstić information content (AvgIpc) is 2.98. The highest BCUT2D eigenvalue weighted by atomic mass is 14.9. The number of fused-ring (bicyclic) bond motifs is 4. The summed E-state index contributed by atoms with van der Waals surface area (Å²) in [6, 6.07) is 37.1. The third kappa shape index (κ3) is 3.62. The van der Waals surface area contributed by atoms with Gasteiger partial charge in [0.2, 0.25) is 0 Å². The first-order chi connectivity index (χ1) is 18.7. The van der Waals surface area contributed by atoms with Crippen molar-refractivity contribution >= 4 is 39.2 Å². The zero-order valence-corrected chi connectivity index (χ0v) is 20.4. The lowest BCUT2D eigenvalue weighted by Gasteiger charge is -2.16. The molecule has 5 aromatic carbocycles. The van der Waals surface area contributed by atoms with Gasteiger partial charge in [-0.05, 0) is 51.7 Å². The zero-order valence-electron chi connectivity index (χ0n) is 20.4. The number of benzene rings is 5. The van der Waals surface area contributed by atoms with Gasteiger partial charge in [0.1, 0.15) is 0 Å². The Morgan fingerprint density at radius 1 is 0.526 bits per heavy atom. The van der Waals surface area contributed by atoms with E-state index < -0.39 is 0 Å². The number of allylic oxidation sites excluding steroid dienone is 1. The quantitative estimate of drug-likeness (QED) is 0.265. The molecule has 0 bridgehead atoms. The third-order valence-corrected chi connectivity index (χ3v) is 7.11. The third-order valence-electron chi connectivity index (χ3n) is 7.11. The van der Waals surface area contributed by atoms with Crippen LogP contribution in [0.5, 0.6) is 0 Å². The fourth-order valence-corrected chi connectivity index (χ4v) is 5.18. The molecule has 0 unspecified atom stereocenters. The minimum Gasteiger partial charge on any atom is -0.299 e. The maximum Gasteiger partial charge on any atom is 0.160 e. The van der Waals surface area contributed by atoms with E-state index in [1.54, 1.807) is 6.08 Å². The lowest BCUT2D eigenvalue weighted by Crippen LogP contribution is -2.16. The smallest absolute Gasteiger partial charge is 0.160 e. The molecule has 0 saturated heterocycles. The summed E-state index contributed by atoms with van der Waals surface area (Å²) in [7, 11) is 0. The molecule has 1 aliphatic carbocycles. The van der Waals surface area contributed by atoms with Gasteiger partial charge in [-0.2, -0.15) is 0 Å². The van der Waals surface area contributed by atoms with Crippen molar-refractivity contribution < 1.29 is 0 Å². The van der Waals surface area contributed by atoms with Gasteiger partial charge >= 0.3 is 0 Å². The first kappa shape index (κ1) is 22.0. The normalized spacial score (nSPS) is 12.7. The van der Waals surface area contributed by atoms with Crippen molar-refractivity contribution in [3.63, 3.8) is 0 Å². The Morgan fingerprint density at radius 3 is 2.16 bits per heavy atom. The topological polar surface area (TPSA) is 73.5 Å².